The third-order valence-corrected chi connectivity index (χ3v) is 3.73. The van der Waals surface area contributed by atoms with E-state index in [9.17, 15) is 0 Å². The fourth-order valence-corrected chi connectivity index (χ4v) is 2.56. The molecule has 1 N–H and O–H groups in total. The fourth-order valence-electron chi connectivity index (χ4n) is 2.35. The van der Waals surface area contributed by atoms with Crippen LogP contribution >= 0.6 is 11.6 Å². The lowest BCUT2D eigenvalue weighted by Crippen LogP contribution is -2.48. The largest absolute Gasteiger partial charge is 0.311 e. The Morgan fingerprint density at radius 1 is 1.25 bits per heavy atom. The van der Waals surface area contributed by atoms with Gasteiger partial charge >= 0.3 is 0 Å². The Kier molecular flexibility index (Phi) is 6.50. The van der Waals surface area contributed by atoms with E-state index < -0.39 is 0 Å². The summed E-state index contributed by atoms with van der Waals surface area (Å²) in [5.41, 5.74) is 1.42. The Morgan fingerprint density at radius 3 is 2.40 bits per heavy atom. The van der Waals surface area contributed by atoms with Crippen LogP contribution in [0, 0.1) is 5.92 Å². The number of hydrogen-bond donors (Lipinski definition) is 1. The van der Waals surface area contributed by atoms with Gasteiger partial charge in [0, 0.05) is 29.7 Å². The maximum Gasteiger partial charge on any atom is 0.0409 e. The van der Waals surface area contributed by atoms with Gasteiger partial charge in [-0.3, -0.25) is 4.90 Å². The van der Waals surface area contributed by atoms with Crippen LogP contribution in [-0.4, -0.2) is 30.1 Å². The van der Waals surface area contributed by atoms with Crippen molar-refractivity contribution in [3.05, 3.63) is 34.9 Å². The Labute approximate surface area is 129 Å². The molecule has 1 aromatic rings. The zero-order valence-corrected chi connectivity index (χ0v) is 14.5. The van der Waals surface area contributed by atoms with Crippen LogP contribution in [0.15, 0.2) is 24.3 Å². The Balaban J connectivity index is 2.67. The molecule has 1 atom stereocenters. The third-order valence-electron chi connectivity index (χ3n) is 3.50. The minimum absolute atomic E-state index is 0.157. The molecule has 0 fully saturated rings. The van der Waals surface area contributed by atoms with E-state index in [1.165, 1.54) is 5.56 Å². The maximum absolute atomic E-state index is 6.06. The van der Waals surface area contributed by atoms with Crippen molar-refractivity contribution in [3.8, 4) is 0 Å². The van der Waals surface area contributed by atoms with Crippen molar-refractivity contribution in [1.29, 1.82) is 0 Å². The first kappa shape index (κ1) is 17.5. The van der Waals surface area contributed by atoms with Crippen molar-refractivity contribution < 1.29 is 0 Å². The van der Waals surface area contributed by atoms with E-state index >= 15 is 0 Å². The fraction of sp³-hybridized carbons (Fsp3) is 0.647. The molecule has 0 saturated heterocycles. The highest BCUT2D eigenvalue weighted by Crippen LogP contribution is 2.16. The average molecular weight is 297 g/mol. The lowest BCUT2D eigenvalue weighted by Gasteiger charge is -2.34. The van der Waals surface area contributed by atoms with E-state index in [-0.39, 0.29) is 5.54 Å². The van der Waals surface area contributed by atoms with Crippen LogP contribution in [0.1, 0.15) is 40.2 Å². The minimum atomic E-state index is 0.157. The number of nitrogens with one attached hydrogen (secondary N) is 1. The quantitative estimate of drug-likeness (QED) is 0.847. The van der Waals surface area contributed by atoms with Crippen LogP contribution in [0.5, 0.6) is 0 Å². The van der Waals surface area contributed by atoms with Crippen LogP contribution in [0.25, 0.3) is 0 Å². The summed E-state index contributed by atoms with van der Waals surface area (Å²) in [6.45, 7) is 13.1. The standard InChI is InChI=1S/C17H29ClN2/c1-13(2)16(11-19-17(3,4)5)20(6)12-14-8-7-9-15(18)10-14/h7-10,13,16,19H,11-12H2,1-6H3. The van der Waals surface area contributed by atoms with Gasteiger partial charge in [0.2, 0.25) is 0 Å². The van der Waals surface area contributed by atoms with Gasteiger partial charge in [0.15, 0.2) is 0 Å². The molecule has 0 bridgehead atoms. The van der Waals surface area contributed by atoms with E-state index in [2.05, 4.69) is 57.9 Å². The zero-order chi connectivity index (χ0) is 15.3. The highest BCUT2D eigenvalue weighted by Gasteiger charge is 2.21. The second kappa shape index (κ2) is 7.44. The van der Waals surface area contributed by atoms with E-state index in [1.54, 1.807) is 0 Å². The van der Waals surface area contributed by atoms with Crippen molar-refractivity contribution >= 4 is 11.6 Å². The summed E-state index contributed by atoms with van der Waals surface area (Å²) in [5, 5.41) is 4.42. The summed E-state index contributed by atoms with van der Waals surface area (Å²) < 4.78 is 0. The first-order chi connectivity index (χ1) is 9.19. The van der Waals surface area contributed by atoms with Gasteiger partial charge in [0.05, 0.1) is 0 Å². The van der Waals surface area contributed by atoms with Crippen LogP contribution < -0.4 is 5.32 Å². The Morgan fingerprint density at radius 2 is 1.90 bits per heavy atom. The SMILES string of the molecule is CC(C)C(CNC(C)(C)C)N(C)Cc1cccc(Cl)c1. The maximum atomic E-state index is 6.06. The summed E-state index contributed by atoms with van der Waals surface area (Å²) >= 11 is 6.06. The van der Waals surface area contributed by atoms with Crippen molar-refractivity contribution in [3.63, 3.8) is 0 Å². The van der Waals surface area contributed by atoms with Gasteiger partial charge in [0.1, 0.15) is 0 Å². The predicted octanol–water partition coefficient (Wildman–Crippen LogP) is 4.18. The molecule has 0 spiro atoms. The molecule has 1 aromatic carbocycles. The molecule has 0 aliphatic rings. The van der Waals surface area contributed by atoms with Crippen molar-refractivity contribution in [2.75, 3.05) is 13.6 Å². The third kappa shape index (κ3) is 6.25. The molecule has 0 heterocycles. The smallest absolute Gasteiger partial charge is 0.0409 e. The lowest BCUT2D eigenvalue weighted by atomic mass is 10.00. The molecule has 0 saturated carbocycles. The number of likely N-dealkylation sites (N-methyl/N-ethyl adjacent to an activating group) is 1. The molecule has 0 radical (unpaired) electrons. The molecule has 114 valence electrons. The summed E-state index contributed by atoms with van der Waals surface area (Å²) in [6, 6.07) is 8.63. The van der Waals surface area contributed by atoms with Gasteiger partial charge in [-0.2, -0.15) is 0 Å². The second-order valence-corrected chi connectivity index (χ2v) is 7.42. The molecule has 1 rings (SSSR count). The van der Waals surface area contributed by atoms with E-state index in [4.69, 9.17) is 11.6 Å². The van der Waals surface area contributed by atoms with Gasteiger partial charge in [-0.15, -0.1) is 0 Å². The number of benzene rings is 1. The summed E-state index contributed by atoms with van der Waals surface area (Å²) in [5.74, 6) is 0.606. The molecule has 0 aliphatic carbocycles. The zero-order valence-electron chi connectivity index (χ0n) is 13.7. The number of halogens is 1. The van der Waals surface area contributed by atoms with Crippen molar-refractivity contribution in [2.45, 2.75) is 52.7 Å². The van der Waals surface area contributed by atoms with Gasteiger partial charge in [-0.05, 0) is 51.4 Å². The van der Waals surface area contributed by atoms with E-state index in [1.807, 2.05) is 18.2 Å². The molecule has 0 aromatic heterocycles. The summed E-state index contributed by atoms with van der Waals surface area (Å²) in [4.78, 5) is 2.41. The molecule has 20 heavy (non-hydrogen) atoms. The van der Waals surface area contributed by atoms with Gasteiger partial charge in [-0.25, -0.2) is 0 Å². The Hall–Kier alpha value is -0.570. The van der Waals surface area contributed by atoms with Crippen LogP contribution in [0.2, 0.25) is 5.02 Å². The number of nitrogens with zero attached hydrogens (tertiary/aromatic N) is 1. The molecule has 2 nitrogen and oxygen atoms in total. The van der Waals surface area contributed by atoms with Crippen LogP contribution in [0.4, 0.5) is 0 Å². The topological polar surface area (TPSA) is 15.3 Å². The second-order valence-electron chi connectivity index (χ2n) is 6.99. The highest BCUT2D eigenvalue weighted by atomic mass is 35.5. The predicted molar refractivity (Wildman–Crippen MR) is 89.3 cm³/mol. The highest BCUT2D eigenvalue weighted by molar-refractivity contribution is 6.30. The lowest BCUT2D eigenvalue weighted by molar-refractivity contribution is 0.169. The number of hydrogen-bond acceptors (Lipinski definition) is 2. The normalized spacial score (nSPS) is 14.1. The summed E-state index contributed by atoms with van der Waals surface area (Å²) in [7, 11) is 2.19. The molecule has 3 heteroatoms. The van der Waals surface area contributed by atoms with Crippen LogP contribution in [0.3, 0.4) is 0 Å². The first-order valence-corrected chi connectivity index (χ1v) is 7.76. The monoisotopic (exact) mass is 296 g/mol. The minimum Gasteiger partial charge on any atom is -0.311 e. The van der Waals surface area contributed by atoms with Gasteiger partial charge in [-0.1, -0.05) is 37.6 Å². The van der Waals surface area contributed by atoms with Crippen molar-refractivity contribution in [2.24, 2.45) is 5.92 Å². The van der Waals surface area contributed by atoms with Crippen LogP contribution in [-0.2, 0) is 6.54 Å². The van der Waals surface area contributed by atoms with Crippen molar-refractivity contribution in [1.82, 2.24) is 10.2 Å². The van der Waals surface area contributed by atoms with Gasteiger partial charge in [0.25, 0.3) is 0 Å². The molecular weight excluding hydrogens is 268 g/mol. The first-order valence-electron chi connectivity index (χ1n) is 7.39. The van der Waals surface area contributed by atoms with Gasteiger partial charge < -0.3 is 5.32 Å². The summed E-state index contributed by atoms with van der Waals surface area (Å²) in [6.07, 6.45) is 0. The van der Waals surface area contributed by atoms with E-state index in [0.717, 1.165) is 18.1 Å². The molecule has 1 unspecified atom stereocenters. The average Bonchev–Trinajstić information content (AvgIpc) is 2.26. The number of rotatable bonds is 6. The molecule has 0 amide bonds. The van der Waals surface area contributed by atoms with E-state index in [0.29, 0.717) is 12.0 Å². The Bertz CT molecular complexity index is 410. The molecule has 0 aliphatic heterocycles. The molecular formula is C17H29ClN2.